The molecule has 0 amide bonds. The van der Waals surface area contributed by atoms with Crippen LogP contribution in [0.4, 0.5) is 8.78 Å². The Bertz CT molecular complexity index is 391. The molecule has 0 aromatic heterocycles. The largest absolute Gasteiger partial charge is 0.478 e. The average molecular weight is 261 g/mol. The third kappa shape index (κ3) is 1.65. The Balaban J connectivity index is 3.68. The molecule has 1 rings (SSSR count). The predicted octanol–water partition coefficient (Wildman–Crippen LogP) is 3.62. The van der Waals surface area contributed by atoms with Crippen molar-refractivity contribution in [3.63, 3.8) is 0 Å². The van der Waals surface area contributed by atoms with Crippen molar-refractivity contribution in [1.29, 1.82) is 0 Å². The second kappa shape index (κ2) is 3.88. The highest BCUT2D eigenvalue weighted by atomic mass is 35.5. The van der Waals surface area contributed by atoms with Gasteiger partial charge in [-0.3, -0.25) is 0 Å². The number of hydrogen-bond acceptors (Lipinski definition) is 1. The summed E-state index contributed by atoms with van der Waals surface area (Å²) in [5.74, 6) is -4.31. The molecule has 0 radical (unpaired) electrons. The van der Waals surface area contributed by atoms with E-state index in [1.54, 1.807) is 0 Å². The number of carbonyl (C=O) groups is 1. The summed E-state index contributed by atoms with van der Waals surface area (Å²) in [5.41, 5.74) is -0.840. The lowest BCUT2D eigenvalue weighted by molar-refractivity contribution is 0.0696. The zero-order chi connectivity index (χ0) is 11.0. The van der Waals surface area contributed by atoms with Crippen molar-refractivity contribution in [2.75, 3.05) is 0 Å². The molecule has 0 atom stereocenters. The lowest BCUT2D eigenvalue weighted by atomic mass is 10.2. The van der Waals surface area contributed by atoms with E-state index in [0.717, 1.165) is 0 Å². The van der Waals surface area contributed by atoms with Crippen molar-refractivity contribution < 1.29 is 18.7 Å². The fourth-order valence-electron chi connectivity index (χ4n) is 0.793. The van der Waals surface area contributed by atoms with Gasteiger partial charge in [0.1, 0.15) is 10.6 Å². The number of carboxylic acid groups (broad SMARTS) is 1. The number of benzene rings is 1. The Kier molecular flexibility index (Phi) is 3.19. The Labute approximate surface area is 92.0 Å². The van der Waals surface area contributed by atoms with Crippen LogP contribution in [-0.4, -0.2) is 11.1 Å². The van der Waals surface area contributed by atoms with Crippen LogP contribution in [0.5, 0.6) is 0 Å². The molecule has 1 aromatic rings. The van der Waals surface area contributed by atoms with Crippen molar-refractivity contribution in [3.8, 4) is 0 Å². The summed E-state index contributed by atoms with van der Waals surface area (Å²) in [6, 6.07) is 0. The molecule has 0 bridgehead atoms. The molecule has 7 heteroatoms. The van der Waals surface area contributed by atoms with E-state index in [0.29, 0.717) is 0 Å². The molecule has 0 spiro atoms. The molecule has 0 saturated carbocycles. The van der Waals surface area contributed by atoms with Gasteiger partial charge >= 0.3 is 5.97 Å². The standard InChI is InChI=1S/C7HCl3F2O2/c8-2-1(7(13)14)3(9)6(12)4(10)5(2)11/h(H,13,14). The van der Waals surface area contributed by atoms with E-state index in [1.807, 2.05) is 0 Å². The van der Waals surface area contributed by atoms with Crippen LogP contribution < -0.4 is 0 Å². The first-order chi connectivity index (χ1) is 6.37. The average Bonchev–Trinajstić information content (AvgIpc) is 2.11. The lowest BCUT2D eigenvalue weighted by Crippen LogP contribution is -2.03. The minimum absolute atomic E-state index is 0.811. The third-order valence-corrected chi connectivity index (χ3v) is 2.47. The summed E-state index contributed by atoms with van der Waals surface area (Å²) in [6.45, 7) is 0. The summed E-state index contributed by atoms with van der Waals surface area (Å²) in [5, 5.41) is 5.99. The molecular weight excluding hydrogens is 260 g/mol. The maximum atomic E-state index is 13.0. The zero-order valence-corrected chi connectivity index (χ0v) is 8.51. The number of carboxylic acids is 1. The molecule has 0 aliphatic carbocycles. The van der Waals surface area contributed by atoms with Gasteiger partial charge in [-0.25, -0.2) is 13.6 Å². The summed E-state index contributed by atoms with van der Waals surface area (Å²) in [6.07, 6.45) is 0. The van der Waals surface area contributed by atoms with Crippen LogP contribution in [-0.2, 0) is 0 Å². The van der Waals surface area contributed by atoms with Gasteiger partial charge in [-0.15, -0.1) is 0 Å². The fourth-order valence-corrected chi connectivity index (χ4v) is 1.67. The molecule has 14 heavy (non-hydrogen) atoms. The number of hydrogen-bond donors (Lipinski definition) is 1. The van der Waals surface area contributed by atoms with Gasteiger partial charge in [0, 0.05) is 0 Å². The topological polar surface area (TPSA) is 37.3 Å². The Morgan fingerprint density at radius 3 is 1.64 bits per heavy atom. The third-order valence-electron chi connectivity index (χ3n) is 1.42. The summed E-state index contributed by atoms with van der Waals surface area (Å²) < 4.78 is 25.9. The normalized spacial score (nSPS) is 10.4. The Morgan fingerprint density at radius 2 is 1.36 bits per heavy atom. The van der Waals surface area contributed by atoms with Gasteiger partial charge in [0.15, 0.2) is 11.6 Å². The van der Waals surface area contributed by atoms with Crippen LogP contribution in [0.3, 0.4) is 0 Å². The highest BCUT2D eigenvalue weighted by Gasteiger charge is 2.25. The maximum absolute atomic E-state index is 13.0. The highest BCUT2D eigenvalue weighted by Crippen LogP contribution is 2.35. The van der Waals surface area contributed by atoms with Crippen molar-refractivity contribution in [1.82, 2.24) is 0 Å². The van der Waals surface area contributed by atoms with Crippen molar-refractivity contribution in [3.05, 3.63) is 32.3 Å². The van der Waals surface area contributed by atoms with Crippen molar-refractivity contribution >= 4 is 40.8 Å². The minimum Gasteiger partial charge on any atom is -0.478 e. The SMILES string of the molecule is O=C(O)c1c(Cl)c(F)c(Cl)c(F)c1Cl. The number of aromatic carboxylic acids is 1. The van der Waals surface area contributed by atoms with Crippen LogP contribution >= 0.6 is 34.8 Å². The van der Waals surface area contributed by atoms with Gasteiger partial charge in [0.2, 0.25) is 0 Å². The first-order valence-electron chi connectivity index (χ1n) is 3.12. The zero-order valence-electron chi connectivity index (χ0n) is 6.25. The fraction of sp³-hybridized carbons (Fsp3) is 0. The van der Waals surface area contributed by atoms with Gasteiger partial charge in [-0.2, -0.15) is 0 Å². The van der Waals surface area contributed by atoms with Crippen molar-refractivity contribution in [2.45, 2.75) is 0 Å². The summed E-state index contributed by atoms with van der Waals surface area (Å²) >= 11 is 15.7. The van der Waals surface area contributed by atoms with Gasteiger partial charge in [-0.05, 0) is 0 Å². The van der Waals surface area contributed by atoms with Gasteiger partial charge in [-0.1, -0.05) is 34.8 Å². The molecule has 0 unspecified atom stereocenters. The van der Waals surface area contributed by atoms with Gasteiger partial charge in [0.25, 0.3) is 0 Å². The van der Waals surface area contributed by atoms with E-state index in [-0.39, 0.29) is 0 Å². The molecule has 0 aliphatic rings. The van der Waals surface area contributed by atoms with Crippen LogP contribution in [0.1, 0.15) is 10.4 Å². The van der Waals surface area contributed by atoms with Crippen LogP contribution in [0, 0.1) is 11.6 Å². The van der Waals surface area contributed by atoms with Crippen LogP contribution in [0.2, 0.25) is 15.1 Å². The summed E-state index contributed by atoms with van der Waals surface area (Å²) in [4.78, 5) is 10.5. The smallest absolute Gasteiger partial charge is 0.338 e. The molecule has 2 nitrogen and oxygen atoms in total. The van der Waals surface area contributed by atoms with Crippen LogP contribution in [0.15, 0.2) is 0 Å². The number of rotatable bonds is 1. The van der Waals surface area contributed by atoms with Crippen LogP contribution in [0.25, 0.3) is 0 Å². The Hall–Kier alpha value is -0.580. The quantitative estimate of drug-likeness (QED) is 0.619. The minimum atomic E-state index is -1.63. The maximum Gasteiger partial charge on any atom is 0.338 e. The monoisotopic (exact) mass is 260 g/mol. The first-order valence-corrected chi connectivity index (χ1v) is 4.26. The van der Waals surface area contributed by atoms with E-state index in [9.17, 15) is 13.6 Å². The van der Waals surface area contributed by atoms with Gasteiger partial charge in [0.05, 0.1) is 10.0 Å². The first kappa shape index (κ1) is 11.5. The van der Waals surface area contributed by atoms with E-state index in [1.165, 1.54) is 0 Å². The molecule has 0 fully saturated rings. The van der Waals surface area contributed by atoms with E-state index in [4.69, 9.17) is 39.9 Å². The molecule has 0 aliphatic heterocycles. The van der Waals surface area contributed by atoms with Gasteiger partial charge < -0.3 is 5.11 Å². The predicted molar refractivity (Wildman–Crippen MR) is 48.3 cm³/mol. The molecular formula is C7HCl3F2O2. The Morgan fingerprint density at radius 1 is 1.00 bits per heavy atom. The number of halogens is 5. The van der Waals surface area contributed by atoms with E-state index >= 15 is 0 Å². The second-order valence-corrected chi connectivity index (χ2v) is 3.38. The molecule has 1 aromatic carbocycles. The molecule has 1 N–H and O–H groups in total. The van der Waals surface area contributed by atoms with E-state index in [2.05, 4.69) is 0 Å². The molecule has 76 valence electrons. The molecule has 0 saturated heterocycles. The molecule has 0 heterocycles. The van der Waals surface area contributed by atoms with E-state index < -0.39 is 38.2 Å². The lowest BCUT2D eigenvalue weighted by Gasteiger charge is -2.06. The highest BCUT2D eigenvalue weighted by molar-refractivity contribution is 6.42. The van der Waals surface area contributed by atoms with Crippen molar-refractivity contribution in [2.24, 2.45) is 0 Å². The second-order valence-electron chi connectivity index (χ2n) is 2.25. The summed E-state index contributed by atoms with van der Waals surface area (Å²) in [7, 11) is 0.